The highest BCUT2D eigenvalue weighted by Gasteiger charge is 2.16. The normalized spacial score (nSPS) is 9.88. The fraction of sp³-hybridized carbons (Fsp3) is 0.273. The molecule has 0 aliphatic carbocycles. The quantitative estimate of drug-likeness (QED) is 0.677. The van der Waals surface area contributed by atoms with E-state index in [0.29, 0.717) is 11.1 Å². The number of hydrogen-bond acceptors (Lipinski definition) is 3. The molecular formula is C11H11IO4. The third-order valence-electron chi connectivity index (χ3n) is 1.94. The first-order chi connectivity index (χ1) is 7.56. The molecule has 0 saturated carbocycles. The Balaban J connectivity index is 3.11. The number of carbonyl (C=O) groups excluding carboxylic acids is 1. The van der Waals surface area contributed by atoms with Crippen LogP contribution in [-0.2, 0) is 16.0 Å². The number of halogens is 1. The van der Waals surface area contributed by atoms with Crippen LogP contribution in [0.5, 0.6) is 0 Å². The smallest absolute Gasteiger partial charge is 0.338 e. The van der Waals surface area contributed by atoms with Crippen LogP contribution >= 0.6 is 22.6 Å². The maximum Gasteiger partial charge on any atom is 0.338 e. The van der Waals surface area contributed by atoms with Crippen LogP contribution in [-0.4, -0.2) is 23.7 Å². The molecular weight excluding hydrogens is 323 g/mol. The van der Waals surface area contributed by atoms with Gasteiger partial charge in [0.25, 0.3) is 0 Å². The second-order valence-corrected chi connectivity index (χ2v) is 4.22. The van der Waals surface area contributed by atoms with Gasteiger partial charge < -0.3 is 9.84 Å². The lowest BCUT2D eigenvalue weighted by molar-refractivity contribution is -0.136. The van der Waals surface area contributed by atoms with E-state index < -0.39 is 11.9 Å². The summed E-state index contributed by atoms with van der Waals surface area (Å²) in [5.74, 6) is -1.44. The molecule has 0 aliphatic rings. The topological polar surface area (TPSA) is 63.6 Å². The second kappa shape index (κ2) is 5.83. The van der Waals surface area contributed by atoms with Gasteiger partial charge in [-0.3, -0.25) is 4.79 Å². The third kappa shape index (κ3) is 3.19. The SMILES string of the molecule is CCOC(=O)c1cccc(I)c1CC(=O)O. The summed E-state index contributed by atoms with van der Waals surface area (Å²) < 4.78 is 5.63. The van der Waals surface area contributed by atoms with Gasteiger partial charge in [-0.2, -0.15) is 0 Å². The van der Waals surface area contributed by atoms with Crippen molar-refractivity contribution in [3.05, 3.63) is 32.9 Å². The molecule has 0 heterocycles. The number of hydrogen-bond donors (Lipinski definition) is 1. The summed E-state index contributed by atoms with van der Waals surface area (Å²) in [7, 11) is 0. The van der Waals surface area contributed by atoms with Crippen LogP contribution in [0, 0.1) is 3.57 Å². The molecule has 0 bridgehead atoms. The Hall–Kier alpha value is -1.11. The summed E-state index contributed by atoms with van der Waals surface area (Å²) in [5, 5.41) is 8.77. The van der Waals surface area contributed by atoms with Crippen LogP contribution in [0.15, 0.2) is 18.2 Å². The number of ether oxygens (including phenoxy) is 1. The van der Waals surface area contributed by atoms with E-state index in [9.17, 15) is 9.59 Å². The zero-order chi connectivity index (χ0) is 12.1. The molecule has 16 heavy (non-hydrogen) atoms. The molecule has 0 atom stereocenters. The molecule has 86 valence electrons. The van der Waals surface area contributed by atoms with Crippen molar-refractivity contribution < 1.29 is 19.4 Å². The highest BCUT2D eigenvalue weighted by molar-refractivity contribution is 14.1. The highest BCUT2D eigenvalue weighted by Crippen LogP contribution is 2.18. The van der Waals surface area contributed by atoms with Crippen molar-refractivity contribution in [2.24, 2.45) is 0 Å². The van der Waals surface area contributed by atoms with Crippen LogP contribution in [0.2, 0.25) is 0 Å². The lowest BCUT2D eigenvalue weighted by atomic mass is 10.0. The summed E-state index contributed by atoms with van der Waals surface area (Å²) in [5.41, 5.74) is 0.838. The first-order valence-corrected chi connectivity index (χ1v) is 5.80. The molecule has 1 rings (SSSR count). The van der Waals surface area contributed by atoms with Gasteiger partial charge in [0.15, 0.2) is 0 Å². The summed E-state index contributed by atoms with van der Waals surface area (Å²) in [6.07, 6.45) is -0.173. The lowest BCUT2D eigenvalue weighted by Crippen LogP contribution is -2.12. The van der Waals surface area contributed by atoms with E-state index in [4.69, 9.17) is 9.84 Å². The monoisotopic (exact) mass is 334 g/mol. The largest absolute Gasteiger partial charge is 0.481 e. The van der Waals surface area contributed by atoms with Gasteiger partial charge in [-0.05, 0) is 47.2 Å². The Morgan fingerprint density at radius 1 is 1.44 bits per heavy atom. The van der Waals surface area contributed by atoms with Crippen molar-refractivity contribution in [1.29, 1.82) is 0 Å². The zero-order valence-corrected chi connectivity index (χ0v) is 10.9. The summed E-state index contributed by atoms with van der Waals surface area (Å²) in [4.78, 5) is 22.3. The van der Waals surface area contributed by atoms with Crippen LogP contribution in [0.25, 0.3) is 0 Å². The predicted octanol–water partition coefficient (Wildman–Crippen LogP) is 2.09. The molecule has 0 fully saturated rings. The average Bonchev–Trinajstić information content (AvgIpc) is 2.20. The Morgan fingerprint density at radius 3 is 2.69 bits per heavy atom. The van der Waals surface area contributed by atoms with E-state index in [1.54, 1.807) is 25.1 Å². The van der Waals surface area contributed by atoms with E-state index in [2.05, 4.69) is 0 Å². The Labute approximate surface area is 107 Å². The number of carboxylic acid groups (broad SMARTS) is 1. The second-order valence-electron chi connectivity index (χ2n) is 3.06. The number of esters is 1. The Bertz CT molecular complexity index is 414. The van der Waals surface area contributed by atoms with Gasteiger partial charge in [-0.25, -0.2) is 4.79 Å². The molecule has 0 radical (unpaired) electrons. The summed E-state index contributed by atoms with van der Waals surface area (Å²) in [6, 6.07) is 5.05. The standard InChI is InChI=1S/C11H11IO4/c1-2-16-11(15)7-4-3-5-9(12)8(7)6-10(13)14/h3-5H,2,6H2,1H3,(H,13,14). The molecule has 1 aromatic rings. The van der Waals surface area contributed by atoms with Gasteiger partial charge in [0.05, 0.1) is 18.6 Å². The van der Waals surface area contributed by atoms with E-state index >= 15 is 0 Å². The fourth-order valence-corrected chi connectivity index (χ4v) is 1.98. The zero-order valence-electron chi connectivity index (χ0n) is 8.70. The van der Waals surface area contributed by atoms with Gasteiger partial charge in [0.1, 0.15) is 0 Å². The molecule has 0 saturated heterocycles. The number of benzene rings is 1. The van der Waals surface area contributed by atoms with Gasteiger partial charge >= 0.3 is 11.9 Å². The van der Waals surface area contributed by atoms with Crippen molar-refractivity contribution in [3.63, 3.8) is 0 Å². The maximum atomic E-state index is 11.6. The van der Waals surface area contributed by atoms with Crippen molar-refractivity contribution in [2.75, 3.05) is 6.61 Å². The van der Waals surface area contributed by atoms with Gasteiger partial charge in [-0.15, -0.1) is 0 Å². The van der Waals surface area contributed by atoms with Crippen molar-refractivity contribution >= 4 is 34.5 Å². The van der Waals surface area contributed by atoms with Crippen molar-refractivity contribution in [3.8, 4) is 0 Å². The number of rotatable bonds is 4. The molecule has 1 N–H and O–H groups in total. The Kier molecular flexibility index (Phi) is 4.72. The van der Waals surface area contributed by atoms with E-state index in [-0.39, 0.29) is 13.0 Å². The van der Waals surface area contributed by atoms with Gasteiger partial charge in [0.2, 0.25) is 0 Å². The van der Waals surface area contributed by atoms with Crippen LogP contribution in [0.3, 0.4) is 0 Å². The van der Waals surface area contributed by atoms with E-state index in [1.165, 1.54) is 0 Å². The van der Waals surface area contributed by atoms with Crippen LogP contribution in [0.4, 0.5) is 0 Å². The van der Waals surface area contributed by atoms with Crippen molar-refractivity contribution in [1.82, 2.24) is 0 Å². The maximum absolute atomic E-state index is 11.6. The fourth-order valence-electron chi connectivity index (χ4n) is 1.29. The molecule has 4 nitrogen and oxygen atoms in total. The van der Waals surface area contributed by atoms with E-state index in [1.807, 2.05) is 22.6 Å². The third-order valence-corrected chi connectivity index (χ3v) is 2.95. The predicted molar refractivity (Wildman–Crippen MR) is 66.5 cm³/mol. The minimum atomic E-state index is -0.963. The molecule has 0 spiro atoms. The molecule has 1 aromatic carbocycles. The van der Waals surface area contributed by atoms with Gasteiger partial charge in [-0.1, -0.05) is 6.07 Å². The van der Waals surface area contributed by atoms with Crippen LogP contribution < -0.4 is 0 Å². The summed E-state index contributed by atoms with van der Waals surface area (Å²) in [6.45, 7) is 1.99. The van der Waals surface area contributed by atoms with Gasteiger partial charge in [0, 0.05) is 3.57 Å². The lowest BCUT2D eigenvalue weighted by Gasteiger charge is -2.08. The number of aliphatic carboxylic acids is 1. The number of carbonyl (C=O) groups is 2. The van der Waals surface area contributed by atoms with E-state index in [0.717, 1.165) is 3.57 Å². The molecule has 5 heteroatoms. The first-order valence-electron chi connectivity index (χ1n) is 4.72. The summed E-state index contributed by atoms with van der Waals surface area (Å²) >= 11 is 2.01. The number of carboxylic acids is 1. The minimum absolute atomic E-state index is 0.173. The van der Waals surface area contributed by atoms with Crippen molar-refractivity contribution in [2.45, 2.75) is 13.3 Å². The average molecular weight is 334 g/mol. The molecule has 0 unspecified atom stereocenters. The minimum Gasteiger partial charge on any atom is -0.481 e. The highest BCUT2D eigenvalue weighted by atomic mass is 127. The Morgan fingerprint density at radius 2 is 2.12 bits per heavy atom. The molecule has 0 aromatic heterocycles. The van der Waals surface area contributed by atoms with Crippen LogP contribution in [0.1, 0.15) is 22.8 Å². The molecule has 0 aliphatic heterocycles. The first kappa shape index (κ1) is 13.0. The molecule has 0 amide bonds.